The van der Waals surface area contributed by atoms with E-state index in [0.29, 0.717) is 6.54 Å². The van der Waals surface area contributed by atoms with Crippen LogP contribution in [0.1, 0.15) is 12.1 Å². The molecule has 0 aromatic carbocycles. The van der Waals surface area contributed by atoms with Crippen molar-refractivity contribution in [3.8, 4) is 0 Å². The minimum atomic E-state index is -4.38. The molecule has 1 aromatic heterocycles. The molecule has 1 heterocycles. The van der Waals surface area contributed by atoms with Gasteiger partial charge in [-0.15, -0.1) is 0 Å². The maximum Gasteiger partial charge on any atom is 0.390 e. The molecular weight excluding hydrogens is 283 g/mol. The maximum absolute atomic E-state index is 12.0. The van der Waals surface area contributed by atoms with E-state index < -0.39 is 29.2 Å². The average Bonchev–Trinajstić information content (AvgIpc) is 2.59. The fourth-order valence-corrected chi connectivity index (χ4v) is 2.62. The van der Waals surface area contributed by atoms with E-state index in [1.807, 2.05) is 4.72 Å². The standard InChI is InChI=1S/C10H16F3N3O2S/c1-14-6-8-5-9(7-16(8)2)19(17,18)15-4-3-10(11,12)13/h5,7,14-15H,3-4,6H2,1-2H3. The van der Waals surface area contributed by atoms with Gasteiger partial charge in [-0.3, -0.25) is 0 Å². The summed E-state index contributed by atoms with van der Waals surface area (Å²) in [6.07, 6.45) is -4.21. The first-order valence-electron chi connectivity index (χ1n) is 5.52. The van der Waals surface area contributed by atoms with Crippen LogP contribution in [-0.2, 0) is 23.6 Å². The average molecular weight is 299 g/mol. The van der Waals surface area contributed by atoms with Crippen molar-refractivity contribution in [1.29, 1.82) is 0 Å². The van der Waals surface area contributed by atoms with Crippen molar-refractivity contribution in [3.05, 3.63) is 18.0 Å². The molecule has 0 bridgehead atoms. The highest BCUT2D eigenvalue weighted by molar-refractivity contribution is 7.89. The second-order valence-electron chi connectivity index (χ2n) is 4.07. The third-order valence-electron chi connectivity index (χ3n) is 2.45. The van der Waals surface area contributed by atoms with Gasteiger partial charge in [-0.05, 0) is 13.1 Å². The number of sulfonamides is 1. The lowest BCUT2D eigenvalue weighted by molar-refractivity contribution is -0.132. The molecule has 0 saturated carbocycles. The summed E-state index contributed by atoms with van der Waals surface area (Å²) in [6.45, 7) is -0.198. The molecule has 1 aromatic rings. The first-order valence-corrected chi connectivity index (χ1v) is 7.00. The zero-order chi connectivity index (χ0) is 14.7. The fraction of sp³-hybridized carbons (Fsp3) is 0.600. The third kappa shape index (κ3) is 4.84. The second-order valence-corrected chi connectivity index (χ2v) is 5.84. The van der Waals surface area contributed by atoms with Crippen LogP contribution in [0.4, 0.5) is 13.2 Å². The van der Waals surface area contributed by atoms with Gasteiger partial charge in [-0.2, -0.15) is 13.2 Å². The van der Waals surface area contributed by atoms with Crippen molar-refractivity contribution in [1.82, 2.24) is 14.6 Å². The Hall–Kier alpha value is -1.06. The molecule has 0 amide bonds. The van der Waals surface area contributed by atoms with Crippen molar-refractivity contribution in [2.75, 3.05) is 13.6 Å². The topological polar surface area (TPSA) is 63.1 Å². The largest absolute Gasteiger partial charge is 0.390 e. The van der Waals surface area contributed by atoms with Crippen LogP contribution in [0.3, 0.4) is 0 Å². The van der Waals surface area contributed by atoms with Crippen molar-refractivity contribution >= 4 is 10.0 Å². The Bertz CT molecular complexity index is 523. The Morgan fingerprint density at radius 2 is 2.00 bits per heavy atom. The van der Waals surface area contributed by atoms with Gasteiger partial charge in [-0.1, -0.05) is 0 Å². The number of halogens is 3. The molecule has 5 nitrogen and oxygen atoms in total. The quantitative estimate of drug-likeness (QED) is 0.823. The minimum Gasteiger partial charge on any atom is -0.352 e. The number of hydrogen-bond acceptors (Lipinski definition) is 3. The number of aryl methyl sites for hydroxylation is 1. The van der Waals surface area contributed by atoms with Crippen molar-refractivity contribution in [2.24, 2.45) is 7.05 Å². The van der Waals surface area contributed by atoms with E-state index in [-0.39, 0.29) is 4.90 Å². The van der Waals surface area contributed by atoms with Crippen LogP contribution in [0, 0.1) is 0 Å². The predicted octanol–water partition coefficient (Wildman–Crippen LogP) is 0.975. The van der Waals surface area contributed by atoms with E-state index >= 15 is 0 Å². The van der Waals surface area contributed by atoms with Gasteiger partial charge in [0.25, 0.3) is 0 Å². The third-order valence-corrected chi connectivity index (χ3v) is 3.88. The number of nitrogens with one attached hydrogen (secondary N) is 2. The number of alkyl halides is 3. The molecule has 2 N–H and O–H groups in total. The maximum atomic E-state index is 12.0. The minimum absolute atomic E-state index is 0.0394. The van der Waals surface area contributed by atoms with E-state index in [9.17, 15) is 21.6 Å². The van der Waals surface area contributed by atoms with E-state index in [2.05, 4.69) is 5.32 Å². The van der Waals surface area contributed by atoms with Gasteiger partial charge >= 0.3 is 6.18 Å². The number of nitrogens with zero attached hydrogens (tertiary/aromatic N) is 1. The molecule has 0 atom stereocenters. The Morgan fingerprint density at radius 3 is 2.53 bits per heavy atom. The lowest BCUT2D eigenvalue weighted by Crippen LogP contribution is -2.27. The van der Waals surface area contributed by atoms with Gasteiger partial charge in [0.2, 0.25) is 10.0 Å². The van der Waals surface area contributed by atoms with E-state index in [1.165, 1.54) is 12.3 Å². The molecule has 110 valence electrons. The van der Waals surface area contributed by atoms with Crippen molar-refractivity contribution < 1.29 is 21.6 Å². The molecule has 19 heavy (non-hydrogen) atoms. The molecule has 0 aliphatic heterocycles. The van der Waals surface area contributed by atoms with Gasteiger partial charge in [0.05, 0.1) is 11.3 Å². The van der Waals surface area contributed by atoms with Crippen molar-refractivity contribution in [3.63, 3.8) is 0 Å². The Balaban J connectivity index is 2.75. The summed E-state index contributed by atoms with van der Waals surface area (Å²) >= 11 is 0. The Morgan fingerprint density at radius 1 is 1.37 bits per heavy atom. The molecule has 0 aliphatic rings. The smallest absolute Gasteiger partial charge is 0.352 e. The lowest BCUT2D eigenvalue weighted by atomic mass is 10.4. The number of aromatic nitrogens is 1. The lowest BCUT2D eigenvalue weighted by Gasteiger charge is -2.07. The van der Waals surface area contributed by atoms with Crippen molar-refractivity contribution in [2.45, 2.75) is 24.0 Å². The van der Waals surface area contributed by atoms with Crippen LogP contribution in [0.2, 0.25) is 0 Å². The van der Waals surface area contributed by atoms with Crippen LogP contribution in [0.5, 0.6) is 0 Å². The highest BCUT2D eigenvalue weighted by Gasteiger charge is 2.27. The summed E-state index contributed by atoms with van der Waals surface area (Å²) in [5.74, 6) is 0. The summed E-state index contributed by atoms with van der Waals surface area (Å²) < 4.78 is 63.0. The van der Waals surface area contributed by atoms with Gasteiger partial charge in [0.1, 0.15) is 0 Å². The summed E-state index contributed by atoms with van der Waals surface area (Å²) in [4.78, 5) is -0.0394. The summed E-state index contributed by atoms with van der Waals surface area (Å²) in [6, 6.07) is 1.42. The molecule has 0 unspecified atom stereocenters. The highest BCUT2D eigenvalue weighted by Crippen LogP contribution is 2.19. The first kappa shape index (κ1) is 16.0. The van der Waals surface area contributed by atoms with E-state index in [1.54, 1.807) is 18.7 Å². The van der Waals surface area contributed by atoms with Gasteiger partial charge in [0, 0.05) is 32.0 Å². The monoisotopic (exact) mass is 299 g/mol. The molecule has 0 saturated heterocycles. The fourth-order valence-electron chi connectivity index (χ4n) is 1.49. The molecule has 1 rings (SSSR count). The molecule has 9 heteroatoms. The number of rotatable bonds is 6. The van der Waals surface area contributed by atoms with Crippen LogP contribution in [-0.4, -0.2) is 32.8 Å². The highest BCUT2D eigenvalue weighted by atomic mass is 32.2. The van der Waals surface area contributed by atoms with E-state index in [4.69, 9.17) is 0 Å². The Labute approximate surface area is 109 Å². The second kappa shape index (κ2) is 5.93. The molecule has 0 fully saturated rings. The molecular formula is C10H16F3N3O2S. The van der Waals surface area contributed by atoms with Crippen LogP contribution in [0.25, 0.3) is 0 Å². The SMILES string of the molecule is CNCc1cc(S(=O)(=O)NCCC(F)(F)F)cn1C. The summed E-state index contributed by atoms with van der Waals surface area (Å²) in [5.41, 5.74) is 0.721. The normalized spacial score (nSPS) is 12.9. The molecule has 0 aliphatic carbocycles. The van der Waals surface area contributed by atoms with Crippen LogP contribution < -0.4 is 10.0 Å². The zero-order valence-electron chi connectivity index (χ0n) is 10.6. The molecule has 0 radical (unpaired) electrons. The van der Waals surface area contributed by atoms with Gasteiger partial charge in [0.15, 0.2) is 0 Å². The summed E-state index contributed by atoms with van der Waals surface area (Å²) in [5, 5.41) is 2.87. The van der Waals surface area contributed by atoms with Gasteiger partial charge < -0.3 is 9.88 Å². The zero-order valence-corrected chi connectivity index (χ0v) is 11.4. The first-order chi connectivity index (χ1) is 8.65. The molecule has 0 spiro atoms. The van der Waals surface area contributed by atoms with E-state index in [0.717, 1.165) is 5.69 Å². The number of hydrogen-bond donors (Lipinski definition) is 2. The van der Waals surface area contributed by atoms with Crippen LogP contribution in [0.15, 0.2) is 17.2 Å². The predicted molar refractivity (Wildman–Crippen MR) is 64.0 cm³/mol. The van der Waals surface area contributed by atoms with Gasteiger partial charge in [-0.25, -0.2) is 13.1 Å². The van der Waals surface area contributed by atoms with Crippen LogP contribution >= 0.6 is 0 Å². The Kier molecular flexibility index (Phi) is 4.99. The summed E-state index contributed by atoms with van der Waals surface area (Å²) in [7, 11) is -0.522.